The average molecular weight is 521 g/mol. The normalized spacial score (nSPS) is 16.6. The van der Waals surface area contributed by atoms with Crippen molar-refractivity contribution in [3.63, 3.8) is 0 Å². The zero-order valence-corrected chi connectivity index (χ0v) is 19.7. The minimum Gasteiger partial charge on any atom is -0.272 e. The number of hydrogen-bond acceptors (Lipinski definition) is 6. The monoisotopic (exact) mass is 520 g/mol. The lowest BCUT2D eigenvalue weighted by molar-refractivity contribution is -0.118. The minimum atomic E-state index is -0.972. The number of imide groups is 3. The molecule has 11 heteroatoms. The van der Waals surface area contributed by atoms with Gasteiger partial charge in [0.1, 0.15) is 0 Å². The van der Waals surface area contributed by atoms with Gasteiger partial charge in [-0.05, 0) is 54.1 Å². The van der Waals surface area contributed by atoms with Gasteiger partial charge < -0.3 is 0 Å². The number of amides is 6. The maximum atomic E-state index is 13.1. The first-order valence-electron chi connectivity index (χ1n) is 10.5. The quantitative estimate of drug-likeness (QED) is 0.518. The van der Waals surface area contributed by atoms with Crippen molar-refractivity contribution in [2.24, 2.45) is 4.99 Å². The summed E-state index contributed by atoms with van der Waals surface area (Å²) in [5.74, 6) is -2.83. The van der Waals surface area contributed by atoms with E-state index in [1.54, 1.807) is 36.4 Å². The molecule has 0 bridgehead atoms. The number of barbiturate groups is 1. The smallest absolute Gasteiger partial charge is 0.272 e. The molecule has 0 unspecified atom stereocenters. The molecular formula is C25H14Cl2N4O5. The predicted octanol–water partition coefficient (Wildman–Crippen LogP) is 4.15. The number of benzene rings is 3. The number of urea groups is 1. The third-order valence-electron chi connectivity index (χ3n) is 5.59. The summed E-state index contributed by atoms with van der Waals surface area (Å²) >= 11 is 12.3. The molecule has 1 N–H and O–H groups in total. The first kappa shape index (κ1) is 23.4. The van der Waals surface area contributed by atoms with Gasteiger partial charge in [-0.2, -0.15) is 0 Å². The fourth-order valence-electron chi connectivity index (χ4n) is 3.89. The first-order valence-corrected chi connectivity index (χ1v) is 11.3. The second kappa shape index (κ2) is 9.03. The van der Waals surface area contributed by atoms with Crippen molar-refractivity contribution >= 4 is 69.9 Å². The van der Waals surface area contributed by atoms with Crippen LogP contribution in [0, 0.1) is 0 Å². The second-order valence-electron chi connectivity index (χ2n) is 7.86. The van der Waals surface area contributed by atoms with E-state index in [0.29, 0.717) is 21.7 Å². The molecule has 178 valence electrons. The Kier molecular flexibility index (Phi) is 5.87. The van der Waals surface area contributed by atoms with Crippen LogP contribution >= 0.6 is 23.2 Å². The lowest BCUT2D eigenvalue weighted by Gasteiger charge is -2.25. The Hall–Kier alpha value is -4.34. The van der Waals surface area contributed by atoms with E-state index < -0.39 is 35.4 Å². The summed E-state index contributed by atoms with van der Waals surface area (Å²) in [6.45, 7) is -0.142. The highest BCUT2D eigenvalue weighted by Crippen LogP contribution is 2.29. The van der Waals surface area contributed by atoms with Gasteiger partial charge in [0, 0.05) is 10.0 Å². The van der Waals surface area contributed by atoms with Crippen LogP contribution in [0.1, 0.15) is 26.3 Å². The summed E-state index contributed by atoms with van der Waals surface area (Å²) < 4.78 is 0. The van der Waals surface area contributed by atoms with Crippen LogP contribution in [-0.4, -0.2) is 40.3 Å². The number of nitrogens with zero attached hydrogens (tertiary/aromatic N) is 3. The van der Waals surface area contributed by atoms with Crippen molar-refractivity contribution in [2.45, 2.75) is 6.54 Å². The Morgan fingerprint density at radius 3 is 2.14 bits per heavy atom. The number of aliphatic imine (C=N–C) groups is 1. The molecule has 1 saturated heterocycles. The van der Waals surface area contributed by atoms with E-state index in [2.05, 4.69) is 10.3 Å². The third-order valence-corrected chi connectivity index (χ3v) is 6.19. The van der Waals surface area contributed by atoms with Crippen LogP contribution in [0.25, 0.3) is 0 Å². The van der Waals surface area contributed by atoms with Gasteiger partial charge in [0.2, 0.25) is 0 Å². The van der Waals surface area contributed by atoms with Crippen molar-refractivity contribution in [1.82, 2.24) is 10.2 Å². The maximum absolute atomic E-state index is 13.1. The summed E-state index contributed by atoms with van der Waals surface area (Å²) in [4.78, 5) is 69.3. The molecule has 36 heavy (non-hydrogen) atoms. The van der Waals surface area contributed by atoms with Crippen molar-refractivity contribution in [1.29, 1.82) is 0 Å². The highest BCUT2D eigenvalue weighted by Gasteiger charge is 2.39. The molecule has 5 rings (SSSR count). The van der Waals surface area contributed by atoms with Gasteiger partial charge in [-0.1, -0.05) is 41.4 Å². The Bertz CT molecular complexity index is 1500. The largest absolute Gasteiger partial charge is 0.336 e. The van der Waals surface area contributed by atoms with Gasteiger partial charge >= 0.3 is 6.03 Å². The Morgan fingerprint density at radius 1 is 0.778 bits per heavy atom. The van der Waals surface area contributed by atoms with Crippen molar-refractivity contribution in [3.8, 4) is 0 Å². The van der Waals surface area contributed by atoms with Gasteiger partial charge in [0.15, 0.2) is 5.71 Å². The van der Waals surface area contributed by atoms with Crippen LogP contribution in [-0.2, 0) is 16.1 Å². The maximum Gasteiger partial charge on any atom is 0.336 e. The summed E-state index contributed by atoms with van der Waals surface area (Å²) in [6, 6.07) is 15.9. The zero-order valence-electron chi connectivity index (χ0n) is 18.2. The second-order valence-corrected chi connectivity index (χ2v) is 8.70. The molecular weight excluding hydrogens is 507 g/mol. The van der Waals surface area contributed by atoms with E-state index in [0.717, 1.165) is 9.80 Å². The topological polar surface area (TPSA) is 116 Å². The molecule has 2 aliphatic rings. The van der Waals surface area contributed by atoms with E-state index in [1.165, 1.54) is 30.3 Å². The Balaban J connectivity index is 1.46. The van der Waals surface area contributed by atoms with E-state index in [1.807, 2.05) is 0 Å². The molecule has 0 spiro atoms. The molecule has 6 amide bonds. The lowest BCUT2D eigenvalue weighted by Crippen LogP contribution is -2.58. The molecule has 0 atom stereocenters. The van der Waals surface area contributed by atoms with Crippen molar-refractivity contribution < 1.29 is 24.0 Å². The fraction of sp³-hybridized carbons (Fsp3) is 0.0400. The molecule has 2 heterocycles. The van der Waals surface area contributed by atoms with Crippen molar-refractivity contribution in [2.75, 3.05) is 4.90 Å². The molecule has 0 saturated carbocycles. The fourth-order valence-corrected chi connectivity index (χ4v) is 4.25. The Labute approximate surface area is 213 Å². The van der Waals surface area contributed by atoms with E-state index in [9.17, 15) is 24.0 Å². The van der Waals surface area contributed by atoms with Gasteiger partial charge in [0.05, 0.1) is 29.0 Å². The molecule has 1 fully saturated rings. The molecule has 3 aromatic rings. The molecule has 2 aliphatic heterocycles. The summed E-state index contributed by atoms with van der Waals surface area (Å²) in [5, 5.41) is 2.63. The lowest BCUT2D eigenvalue weighted by atomic mass is 10.1. The Morgan fingerprint density at radius 2 is 1.47 bits per heavy atom. The predicted molar refractivity (Wildman–Crippen MR) is 132 cm³/mol. The first-order chi connectivity index (χ1) is 17.2. The number of carbonyl (C=O) groups excluding carboxylic acids is 5. The number of rotatable bonds is 4. The van der Waals surface area contributed by atoms with Gasteiger partial charge in [0.25, 0.3) is 23.6 Å². The van der Waals surface area contributed by atoms with E-state index >= 15 is 0 Å². The molecule has 0 radical (unpaired) electrons. The van der Waals surface area contributed by atoms with Gasteiger partial charge in [-0.25, -0.2) is 14.7 Å². The highest BCUT2D eigenvalue weighted by molar-refractivity contribution is 6.72. The minimum absolute atomic E-state index is 0.142. The SMILES string of the molecule is O=C1NC(=O)N(c2cccc(Cl)c2)C(=O)C1=Nc1ccc(Cl)c(CN2C(=O)c3ccccc3C2=O)c1. The van der Waals surface area contributed by atoms with Crippen LogP contribution in [0.2, 0.25) is 10.0 Å². The number of halogens is 2. The zero-order chi connectivity index (χ0) is 25.6. The highest BCUT2D eigenvalue weighted by atomic mass is 35.5. The summed E-state index contributed by atoms with van der Waals surface area (Å²) in [5.41, 5.74) is 0.746. The molecule has 3 aromatic carbocycles. The van der Waals surface area contributed by atoms with E-state index in [-0.39, 0.29) is 22.9 Å². The molecule has 0 aliphatic carbocycles. The summed E-state index contributed by atoms with van der Waals surface area (Å²) in [7, 11) is 0. The number of fused-ring (bicyclic) bond motifs is 1. The van der Waals surface area contributed by atoms with Crippen LogP contribution in [0.3, 0.4) is 0 Å². The number of hydrogen-bond donors (Lipinski definition) is 1. The van der Waals surface area contributed by atoms with Gasteiger partial charge in [-0.3, -0.25) is 29.4 Å². The number of nitrogens with one attached hydrogen (secondary N) is 1. The standard InChI is InChI=1S/C25H14Cl2N4O5/c26-14-4-3-5-16(11-14)31-24(35)20(21(32)29-25(31)36)28-15-8-9-19(27)13(10-15)12-30-22(33)17-6-1-2-7-18(17)23(30)34/h1-11H,12H2,(H,29,32,36). The molecule has 0 aromatic heterocycles. The molecule has 9 nitrogen and oxygen atoms in total. The van der Waals surface area contributed by atoms with Crippen LogP contribution < -0.4 is 10.2 Å². The van der Waals surface area contributed by atoms with Crippen LogP contribution in [0.15, 0.2) is 71.7 Å². The third kappa shape index (κ3) is 4.04. The number of anilines is 1. The average Bonchev–Trinajstić information content (AvgIpc) is 3.08. The van der Waals surface area contributed by atoms with E-state index in [4.69, 9.17) is 23.2 Å². The number of carbonyl (C=O) groups is 5. The van der Waals surface area contributed by atoms with Crippen molar-refractivity contribution in [3.05, 3.63) is 93.5 Å². The van der Waals surface area contributed by atoms with Crippen LogP contribution in [0.4, 0.5) is 16.2 Å². The summed E-state index contributed by atoms with van der Waals surface area (Å²) in [6.07, 6.45) is 0. The van der Waals surface area contributed by atoms with Crippen LogP contribution in [0.5, 0.6) is 0 Å². The van der Waals surface area contributed by atoms with Gasteiger partial charge in [-0.15, -0.1) is 0 Å².